The van der Waals surface area contributed by atoms with Crippen molar-refractivity contribution in [3.63, 3.8) is 0 Å². The summed E-state index contributed by atoms with van der Waals surface area (Å²) in [6.07, 6.45) is 3.94. The Labute approximate surface area is 140 Å². The Bertz CT molecular complexity index is 642. The second-order valence-corrected chi connectivity index (χ2v) is 6.63. The lowest BCUT2D eigenvalue weighted by Gasteiger charge is -2.13. The first-order valence-corrected chi connectivity index (χ1v) is 8.64. The van der Waals surface area contributed by atoms with Crippen molar-refractivity contribution in [2.45, 2.75) is 18.9 Å². The summed E-state index contributed by atoms with van der Waals surface area (Å²) in [7, 11) is 0. The Hall–Kier alpha value is -1.44. The van der Waals surface area contributed by atoms with E-state index in [1.54, 1.807) is 24.4 Å². The third-order valence-corrected chi connectivity index (χ3v) is 4.60. The third kappa shape index (κ3) is 3.85. The van der Waals surface area contributed by atoms with Gasteiger partial charge in [0.25, 0.3) is 5.91 Å². The average molecular weight is 383 g/mol. The first kappa shape index (κ1) is 15.5. The first-order chi connectivity index (χ1) is 10.7. The summed E-state index contributed by atoms with van der Waals surface area (Å²) in [6.45, 7) is 1.34. The van der Waals surface area contributed by atoms with Gasteiger partial charge >= 0.3 is 0 Å². The fourth-order valence-corrected chi connectivity index (χ4v) is 3.19. The summed E-state index contributed by atoms with van der Waals surface area (Å²) in [4.78, 5) is 16.1. The molecule has 2 heterocycles. The van der Waals surface area contributed by atoms with E-state index >= 15 is 0 Å². The van der Waals surface area contributed by atoms with Crippen molar-refractivity contribution in [1.29, 1.82) is 0 Å². The van der Waals surface area contributed by atoms with E-state index in [2.05, 4.69) is 26.2 Å². The number of nitrogens with zero attached hydrogens (tertiary/aromatic N) is 1. The van der Waals surface area contributed by atoms with Crippen LogP contribution in [0.5, 0.6) is 5.75 Å². The van der Waals surface area contributed by atoms with E-state index in [1.165, 1.54) is 11.3 Å². The Morgan fingerprint density at radius 1 is 1.55 bits per heavy atom. The summed E-state index contributed by atoms with van der Waals surface area (Å²) in [5.41, 5.74) is 0.548. The highest BCUT2D eigenvalue weighted by Crippen LogP contribution is 2.27. The molecule has 1 aliphatic heterocycles. The van der Waals surface area contributed by atoms with E-state index in [9.17, 15) is 4.79 Å². The number of rotatable bonds is 5. The number of benzene rings is 1. The molecular weight excluding hydrogens is 368 g/mol. The van der Waals surface area contributed by atoms with Gasteiger partial charge in [0.15, 0.2) is 5.13 Å². The molecule has 116 valence electrons. The van der Waals surface area contributed by atoms with Crippen molar-refractivity contribution in [2.24, 2.45) is 0 Å². The predicted molar refractivity (Wildman–Crippen MR) is 88.7 cm³/mol. The van der Waals surface area contributed by atoms with Crippen molar-refractivity contribution >= 4 is 38.3 Å². The first-order valence-electron chi connectivity index (χ1n) is 6.97. The maximum absolute atomic E-state index is 12.1. The molecule has 5 nitrogen and oxygen atoms in total. The van der Waals surface area contributed by atoms with Gasteiger partial charge in [-0.25, -0.2) is 4.98 Å². The minimum Gasteiger partial charge on any atom is -0.490 e. The van der Waals surface area contributed by atoms with Crippen LogP contribution in [-0.4, -0.2) is 30.2 Å². The molecule has 0 saturated carbocycles. The van der Waals surface area contributed by atoms with E-state index in [-0.39, 0.29) is 12.0 Å². The maximum atomic E-state index is 12.1. The number of ether oxygens (including phenoxy) is 2. The van der Waals surface area contributed by atoms with Gasteiger partial charge in [-0.05, 0) is 47.0 Å². The monoisotopic (exact) mass is 382 g/mol. The number of hydrogen-bond acceptors (Lipinski definition) is 5. The Kier molecular flexibility index (Phi) is 5.07. The Morgan fingerprint density at radius 2 is 2.45 bits per heavy atom. The van der Waals surface area contributed by atoms with Crippen molar-refractivity contribution < 1.29 is 14.3 Å². The van der Waals surface area contributed by atoms with Gasteiger partial charge in [0.05, 0.1) is 10.6 Å². The number of amides is 1. The number of carbonyl (C=O) groups excluding carboxylic acids is 1. The van der Waals surface area contributed by atoms with Crippen LogP contribution in [0.15, 0.2) is 34.2 Å². The molecule has 1 aliphatic rings. The van der Waals surface area contributed by atoms with Crippen LogP contribution in [0.1, 0.15) is 23.2 Å². The highest BCUT2D eigenvalue weighted by molar-refractivity contribution is 9.10. The fourth-order valence-electron chi connectivity index (χ4n) is 2.17. The molecule has 1 amide bonds. The second kappa shape index (κ2) is 7.21. The van der Waals surface area contributed by atoms with Crippen molar-refractivity contribution in [3.8, 4) is 5.75 Å². The van der Waals surface area contributed by atoms with Crippen LogP contribution in [0.25, 0.3) is 0 Å². The van der Waals surface area contributed by atoms with Gasteiger partial charge in [0, 0.05) is 23.7 Å². The predicted octanol–water partition coefficient (Wildman–Crippen LogP) is 3.72. The molecule has 1 N–H and O–H groups in total. The minimum absolute atomic E-state index is 0.166. The Morgan fingerprint density at radius 3 is 3.14 bits per heavy atom. The van der Waals surface area contributed by atoms with Gasteiger partial charge < -0.3 is 9.47 Å². The molecule has 0 spiro atoms. The summed E-state index contributed by atoms with van der Waals surface area (Å²) >= 11 is 4.83. The quantitative estimate of drug-likeness (QED) is 0.855. The number of hydrogen-bond donors (Lipinski definition) is 1. The minimum atomic E-state index is -0.193. The summed E-state index contributed by atoms with van der Waals surface area (Å²) in [5.74, 6) is 0.516. The lowest BCUT2D eigenvalue weighted by atomic mass is 10.2. The van der Waals surface area contributed by atoms with Crippen molar-refractivity contribution in [1.82, 2.24) is 4.98 Å². The molecule has 0 radical (unpaired) electrons. The highest BCUT2D eigenvalue weighted by Gasteiger charge is 2.17. The molecule has 1 atom stereocenters. The number of nitrogens with one attached hydrogen (secondary N) is 1. The van der Waals surface area contributed by atoms with Crippen LogP contribution in [0.2, 0.25) is 0 Å². The zero-order valence-corrected chi connectivity index (χ0v) is 14.2. The van der Waals surface area contributed by atoms with E-state index in [1.807, 2.05) is 5.38 Å². The van der Waals surface area contributed by atoms with E-state index in [0.717, 1.165) is 23.9 Å². The van der Waals surface area contributed by atoms with Crippen LogP contribution in [0, 0.1) is 0 Å². The normalized spacial score (nSPS) is 17.4. The molecule has 22 heavy (non-hydrogen) atoms. The van der Waals surface area contributed by atoms with Crippen LogP contribution >= 0.6 is 27.3 Å². The standard InChI is InChI=1S/C15H15BrN2O3S/c16-12-8-10(14(19)18-15-17-5-7-22-15)3-4-13(12)21-9-11-2-1-6-20-11/h3-5,7-8,11H,1-2,6,9H2,(H,17,18,19)/t11-/m0/s1. The van der Waals surface area contributed by atoms with Crippen LogP contribution in [0.3, 0.4) is 0 Å². The topological polar surface area (TPSA) is 60.5 Å². The molecular formula is C15H15BrN2O3S. The SMILES string of the molecule is O=C(Nc1nccs1)c1ccc(OC[C@@H]2CCCO2)c(Br)c1. The van der Waals surface area contributed by atoms with Crippen LogP contribution < -0.4 is 10.1 Å². The van der Waals surface area contributed by atoms with Gasteiger partial charge in [-0.15, -0.1) is 11.3 Å². The fraction of sp³-hybridized carbons (Fsp3) is 0.333. The molecule has 1 aromatic carbocycles. The smallest absolute Gasteiger partial charge is 0.257 e. The lowest BCUT2D eigenvalue weighted by Crippen LogP contribution is -2.16. The zero-order chi connectivity index (χ0) is 15.4. The summed E-state index contributed by atoms with van der Waals surface area (Å²) in [6, 6.07) is 5.27. The van der Waals surface area contributed by atoms with Gasteiger partial charge in [0.2, 0.25) is 0 Å². The number of aromatic nitrogens is 1. The molecule has 2 aromatic rings. The van der Waals surface area contributed by atoms with Gasteiger partial charge in [0.1, 0.15) is 12.4 Å². The largest absolute Gasteiger partial charge is 0.490 e. The third-order valence-electron chi connectivity index (χ3n) is 3.30. The molecule has 0 aliphatic carbocycles. The zero-order valence-electron chi connectivity index (χ0n) is 11.8. The second-order valence-electron chi connectivity index (χ2n) is 4.88. The number of thiazole rings is 1. The van der Waals surface area contributed by atoms with Crippen molar-refractivity contribution in [3.05, 3.63) is 39.8 Å². The summed E-state index contributed by atoms with van der Waals surface area (Å²) in [5, 5.41) is 5.14. The molecule has 1 saturated heterocycles. The highest BCUT2D eigenvalue weighted by atomic mass is 79.9. The number of carbonyl (C=O) groups is 1. The van der Waals surface area contributed by atoms with Crippen LogP contribution in [0.4, 0.5) is 5.13 Å². The summed E-state index contributed by atoms with van der Waals surface area (Å²) < 4.78 is 12.0. The molecule has 7 heteroatoms. The molecule has 1 fully saturated rings. The maximum Gasteiger partial charge on any atom is 0.257 e. The van der Waals surface area contributed by atoms with Crippen LogP contribution in [-0.2, 0) is 4.74 Å². The average Bonchev–Trinajstić information content (AvgIpc) is 3.19. The molecule has 3 rings (SSSR count). The molecule has 0 unspecified atom stereocenters. The number of halogens is 1. The molecule has 1 aromatic heterocycles. The Balaban J connectivity index is 1.62. The van der Waals surface area contributed by atoms with Crippen molar-refractivity contribution in [2.75, 3.05) is 18.5 Å². The van der Waals surface area contributed by atoms with Gasteiger partial charge in [-0.1, -0.05) is 0 Å². The number of anilines is 1. The molecule has 0 bridgehead atoms. The van der Waals surface area contributed by atoms with E-state index in [0.29, 0.717) is 23.1 Å². The van der Waals surface area contributed by atoms with Gasteiger partial charge in [-0.2, -0.15) is 0 Å². The van der Waals surface area contributed by atoms with E-state index in [4.69, 9.17) is 9.47 Å². The van der Waals surface area contributed by atoms with E-state index < -0.39 is 0 Å². The van der Waals surface area contributed by atoms with Gasteiger partial charge in [-0.3, -0.25) is 10.1 Å². The lowest BCUT2D eigenvalue weighted by molar-refractivity contribution is 0.0677.